The Morgan fingerprint density at radius 1 is 1.10 bits per heavy atom. The van der Waals surface area contributed by atoms with Crippen molar-refractivity contribution in [1.82, 2.24) is 4.90 Å². The van der Waals surface area contributed by atoms with Crippen molar-refractivity contribution in [1.29, 1.82) is 0 Å². The number of nitrogens with one attached hydrogen (secondary N) is 1. The molecule has 1 saturated heterocycles. The Morgan fingerprint density at radius 2 is 1.72 bits per heavy atom. The van der Waals surface area contributed by atoms with Crippen molar-refractivity contribution in [3.8, 4) is 0 Å². The van der Waals surface area contributed by atoms with Crippen LogP contribution in [-0.4, -0.2) is 41.7 Å². The number of amides is 3. The first-order chi connectivity index (χ1) is 13.7. The van der Waals surface area contributed by atoms with Crippen molar-refractivity contribution in [2.75, 3.05) is 18.5 Å². The average molecular weight is 410 g/mol. The van der Waals surface area contributed by atoms with E-state index in [4.69, 9.17) is 4.74 Å². The number of hydrogen-bond donors (Lipinski definition) is 1. The number of nitrogens with zero attached hydrogens (tertiary/aromatic N) is 1. The molecule has 29 heavy (non-hydrogen) atoms. The molecule has 3 amide bonds. The van der Waals surface area contributed by atoms with Crippen LogP contribution in [0, 0.1) is 11.8 Å². The van der Waals surface area contributed by atoms with E-state index in [1.165, 1.54) is 6.07 Å². The predicted molar refractivity (Wildman–Crippen MR) is 93.1 cm³/mol. The number of hydrogen-bond acceptors (Lipinski definition) is 5. The number of fused-ring (bicyclic) bond motifs is 1. The van der Waals surface area contributed by atoms with Crippen molar-refractivity contribution >= 4 is 29.4 Å². The van der Waals surface area contributed by atoms with Crippen molar-refractivity contribution in [3.05, 3.63) is 42.0 Å². The maximum Gasteiger partial charge on any atom is 0.416 e. The SMILES string of the molecule is O=C(COC(=O)CN1C(=O)[C@@H]2CC=CC[C@H]2C1=O)Nc1cccc(C(F)(F)F)c1. The van der Waals surface area contributed by atoms with Gasteiger partial charge in [0.2, 0.25) is 11.8 Å². The minimum atomic E-state index is -4.56. The molecule has 1 N–H and O–H groups in total. The Kier molecular flexibility index (Phi) is 5.71. The molecule has 1 aliphatic heterocycles. The Labute approximate surface area is 163 Å². The number of alkyl halides is 3. The summed E-state index contributed by atoms with van der Waals surface area (Å²) in [6.45, 7) is -1.37. The molecule has 1 aromatic rings. The summed E-state index contributed by atoms with van der Waals surface area (Å²) in [4.78, 5) is 49.1. The highest BCUT2D eigenvalue weighted by atomic mass is 19.4. The van der Waals surface area contributed by atoms with E-state index in [0.717, 1.165) is 23.1 Å². The molecule has 1 fully saturated rings. The van der Waals surface area contributed by atoms with Gasteiger partial charge in [0, 0.05) is 5.69 Å². The fourth-order valence-corrected chi connectivity index (χ4v) is 3.32. The number of rotatable bonds is 5. The molecule has 1 aliphatic carbocycles. The minimum absolute atomic E-state index is 0.109. The molecular formula is C19H17F3N2O5. The molecule has 2 aliphatic rings. The molecule has 1 heterocycles. The van der Waals surface area contributed by atoms with Crippen LogP contribution in [0.25, 0.3) is 0 Å². The largest absolute Gasteiger partial charge is 0.454 e. The van der Waals surface area contributed by atoms with Gasteiger partial charge in [-0.25, -0.2) is 0 Å². The van der Waals surface area contributed by atoms with Gasteiger partial charge in [0.1, 0.15) is 6.54 Å². The standard InChI is InChI=1S/C19H17F3N2O5/c20-19(21,22)11-4-3-5-12(8-11)23-15(25)10-29-16(26)9-24-17(27)13-6-1-2-7-14(13)18(24)28/h1-5,8,13-14H,6-7,9-10H2,(H,23,25)/t13-,14-/m1/s1. The predicted octanol–water partition coefficient (Wildman–Crippen LogP) is 2.14. The van der Waals surface area contributed by atoms with Crippen molar-refractivity contribution in [2.45, 2.75) is 19.0 Å². The number of ether oxygens (including phenoxy) is 1. The molecule has 7 nitrogen and oxygen atoms in total. The van der Waals surface area contributed by atoms with Crippen LogP contribution in [0.15, 0.2) is 36.4 Å². The summed E-state index contributed by atoms with van der Waals surface area (Å²) in [5.41, 5.74) is -1.04. The Morgan fingerprint density at radius 3 is 2.31 bits per heavy atom. The molecule has 0 bridgehead atoms. The molecule has 0 aromatic heterocycles. The van der Waals surface area contributed by atoms with Crippen LogP contribution in [0.4, 0.5) is 18.9 Å². The number of anilines is 1. The van der Waals surface area contributed by atoms with E-state index in [2.05, 4.69) is 5.32 Å². The van der Waals surface area contributed by atoms with E-state index in [-0.39, 0.29) is 5.69 Å². The molecule has 0 unspecified atom stereocenters. The third-order valence-corrected chi connectivity index (χ3v) is 4.72. The van der Waals surface area contributed by atoms with Crippen LogP contribution < -0.4 is 5.32 Å². The first kappa shape index (κ1) is 20.6. The van der Waals surface area contributed by atoms with E-state index >= 15 is 0 Å². The minimum Gasteiger partial charge on any atom is -0.454 e. The number of likely N-dealkylation sites (tertiary alicyclic amines) is 1. The van der Waals surface area contributed by atoms with Gasteiger partial charge in [-0.15, -0.1) is 0 Å². The van der Waals surface area contributed by atoms with Gasteiger partial charge >= 0.3 is 12.1 Å². The highest BCUT2D eigenvalue weighted by molar-refractivity contribution is 6.07. The van der Waals surface area contributed by atoms with Gasteiger partial charge in [0.05, 0.1) is 17.4 Å². The molecule has 3 rings (SSSR count). The Bertz CT molecular complexity index is 855. The zero-order valence-electron chi connectivity index (χ0n) is 15.1. The number of carbonyl (C=O) groups excluding carboxylic acids is 4. The van der Waals surface area contributed by atoms with Crippen molar-refractivity contribution in [2.24, 2.45) is 11.8 Å². The second kappa shape index (κ2) is 8.06. The van der Waals surface area contributed by atoms with Gasteiger partial charge in [-0.2, -0.15) is 13.2 Å². The van der Waals surface area contributed by atoms with E-state index in [0.29, 0.717) is 12.8 Å². The smallest absolute Gasteiger partial charge is 0.416 e. The molecule has 2 atom stereocenters. The third kappa shape index (κ3) is 4.64. The summed E-state index contributed by atoms with van der Waals surface area (Å²) in [6.07, 6.45) is -0.0758. The van der Waals surface area contributed by atoms with E-state index in [1.807, 2.05) is 12.2 Å². The maximum absolute atomic E-state index is 12.7. The molecule has 154 valence electrons. The normalized spacial score (nSPS) is 21.1. The first-order valence-electron chi connectivity index (χ1n) is 8.80. The van der Waals surface area contributed by atoms with Crippen molar-refractivity contribution in [3.63, 3.8) is 0 Å². The number of imide groups is 1. The Hall–Kier alpha value is -3.17. The maximum atomic E-state index is 12.7. The van der Waals surface area contributed by atoms with Crippen LogP contribution >= 0.6 is 0 Å². The number of carbonyl (C=O) groups is 4. The number of benzene rings is 1. The quantitative estimate of drug-likeness (QED) is 0.456. The fourth-order valence-electron chi connectivity index (χ4n) is 3.32. The van der Waals surface area contributed by atoms with E-state index in [9.17, 15) is 32.3 Å². The van der Waals surface area contributed by atoms with Gasteiger partial charge in [-0.1, -0.05) is 18.2 Å². The molecule has 1 aromatic carbocycles. The second-order valence-electron chi connectivity index (χ2n) is 6.71. The lowest BCUT2D eigenvalue weighted by molar-refractivity contribution is -0.154. The average Bonchev–Trinajstić information content (AvgIpc) is 2.91. The summed E-state index contributed by atoms with van der Waals surface area (Å²) in [6, 6.07) is 3.99. The van der Waals surface area contributed by atoms with Crippen LogP contribution in [0.1, 0.15) is 18.4 Å². The monoisotopic (exact) mass is 410 g/mol. The summed E-state index contributed by atoms with van der Waals surface area (Å²) in [5.74, 6) is -3.68. The third-order valence-electron chi connectivity index (χ3n) is 4.72. The summed E-state index contributed by atoms with van der Waals surface area (Å²) in [5, 5.41) is 2.19. The highest BCUT2D eigenvalue weighted by Crippen LogP contribution is 2.35. The van der Waals surface area contributed by atoms with E-state index in [1.54, 1.807) is 0 Å². The van der Waals surface area contributed by atoms with Crippen LogP contribution in [-0.2, 0) is 30.1 Å². The van der Waals surface area contributed by atoms with Gasteiger partial charge in [0.15, 0.2) is 6.61 Å². The van der Waals surface area contributed by atoms with Gasteiger partial charge in [-0.05, 0) is 31.0 Å². The lowest BCUT2D eigenvalue weighted by Gasteiger charge is -2.14. The molecule has 10 heteroatoms. The summed E-state index contributed by atoms with van der Waals surface area (Å²) in [7, 11) is 0. The molecule has 0 saturated carbocycles. The fraction of sp³-hybridized carbons (Fsp3) is 0.368. The zero-order valence-corrected chi connectivity index (χ0v) is 15.1. The number of esters is 1. The highest BCUT2D eigenvalue weighted by Gasteiger charge is 2.47. The lowest BCUT2D eigenvalue weighted by atomic mass is 9.85. The lowest BCUT2D eigenvalue weighted by Crippen LogP contribution is -2.37. The van der Waals surface area contributed by atoms with Crippen LogP contribution in [0.2, 0.25) is 0 Å². The first-order valence-corrected chi connectivity index (χ1v) is 8.80. The van der Waals surface area contributed by atoms with Crippen molar-refractivity contribution < 1.29 is 37.1 Å². The van der Waals surface area contributed by atoms with Gasteiger partial charge in [-0.3, -0.25) is 24.1 Å². The number of halogens is 3. The topological polar surface area (TPSA) is 92.8 Å². The Balaban J connectivity index is 1.50. The zero-order chi connectivity index (χ0) is 21.2. The summed E-state index contributed by atoms with van der Waals surface area (Å²) < 4.78 is 42.8. The van der Waals surface area contributed by atoms with Gasteiger partial charge in [0.25, 0.3) is 5.91 Å². The number of allylic oxidation sites excluding steroid dienone is 2. The molecule has 0 spiro atoms. The second-order valence-corrected chi connectivity index (χ2v) is 6.71. The summed E-state index contributed by atoms with van der Waals surface area (Å²) >= 11 is 0. The molecule has 0 radical (unpaired) electrons. The van der Waals surface area contributed by atoms with E-state index < -0.39 is 60.4 Å². The van der Waals surface area contributed by atoms with Crippen LogP contribution in [0.5, 0.6) is 0 Å². The van der Waals surface area contributed by atoms with Gasteiger partial charge < -0.3 is 10.1 Å². The van der Waals surface area contributed by atoms with Crippen LogP contribution in [0.3, 0.4) is 0 Å². The molecular weight excluding hydrogens is 393 g/mol.